The second-order valence-electron chi connectivity index (χ2n) is 7.30. The average molecular weight is 460 g/mol. The molecule has 2 aromatic carbocycles. The molecule has 0 saturated carbocycles. The molecule has 3 rings (SSSR count). The lowest BCUT2D eigenvalue weighted by Crippen LogP contribution is -2.30. The monoisotopic (exact) mass is 459 g/mol. The van der Waals surface area contributed by atoms with Crippen LogP contribution in [-0.4, -0.2) is 24.2 Å². The van der Waals surface area contributed by atoms with Gasteiger partial charge in [-0.25, -0.2) is 4.79 Å². The Morgan fingerprint density at radius 3 is 2.48 bits per heavy atom. The molecule has 1 amide bonds. The van der Waals surface area contributed by atoms with E-state index >= 15 is 0 Å². The van der Waals surface area contributed by atoms with Crippen LogP contribution >= 0.6 is 11.8 Å². The maximum atomic E-state index is 12.8. The molecule has 0 radical (unpaired) electrons. The van der Waals surface area contributed by atoms with E-state index in [1.807, 2.05) is 60.7 Å². The van der Waals surface area contributed by atoms with Crippen LogP contribution in [0.3, 0.4) is 0 Å². The van der Waals surface area contributed by atoms with Gasteiger partial charge in [-0.2, -0.15) is 5.26 Å². The first-order chi connectivity index (χ1) is 16.0. The first kappa shape index (κ1) is 23.9. The standard InChI is InChI=1S/C26H25N3O3S/c1-3-14-32-26(31)23-18(2)29-25(21(15-27)24(23)20-12-8-5-9-13-20)33-17-22(30)28-16-19-10-6-4-7-11-19/h3-13,24,29H,1,14,16-17H2,2H3,(H,28,30). The molecule has 7 heteroatoms. The lowest BCUT2D eigenvalue weighted by Gasteiger charge is -2.29. The number of nitriles is 1. The Labute approximate surface area is 198 Å². The molecule has 168 valence electrons. The lowest BCUT2D eigenvalue weighted by molar-refractivity contribution is -0.138. The van der Waals surface area contributed by atoms with Crippen LogP contribution in [-0.2, 0) is 20.9 Å². The highest BCUT2D eigenvalue weighted by Gasteiger charge is 2.35. The molecule has 0 spiro atoms. The third-order valence-electron chi connectivity index (χ3n) is 5.01. The van der Waals surface area contributed by atoms with Crippen LogP contribution in [0.5, 0.6) is 0 Å². The fraction of sp³-hybridized carbons (Fsp3) is 0.192. The molecule has 1 atom stereocenters. The zero-order valence-electron chi connectivity index (χ0n) is 18.3. The van der Waals surface area contributed by atoms with Crippen molar-refractivity contribution >= 4 is 23.6 Å². The summed E-state index contributed by atoms with van der Waals surface area (Å²) in [6.07, 6.45) is 1.50. The number of esters is 1. The smallest absolute Gasteiger partial charge is 0.337 e. The highest BCUT2D eigenvalue weighted by Crippen LogP contribution is 2.40. The zero-order chi connectivity index (χ0) is 23.6. The summed E-state index contributed by atoms with van der Waals surface area (Å²) < 4.78 is 5.30. The molecule has 1 aliphatic heterocycles. The van der Waals surface area contributed by atoms with Gasteiger partial charge in [-0.05, 0) is 18.1 Å². The summed E-state index contributed by atoms with van der Waals surface area (Å²) >= 11 is 1.24. The van der Waals surface area contributed by atoms with Gasteiger partial charge in [0.2, 0.25) is 5.91 Å². The van der Waals surface area contributed by atoms with Crippen LogP contribution in [0.1, 0.15) is 24.0 Å². The van der Waals surface area contributed by atoms with Gasteiger partial charge in [0.15, 0.2) is 0 Å². The number of benzene rings is 2. The molecule has 0 fully saturated rings. The number of nitrogens with zero attached hydrogens (tertiary/aromatic N) is 1. The van der Waals surface area contributed by atoms with Crippen LogP contribution in [0.2, 0.25) is 0 Å². The lowest BCUT2D eigenvalue weighted by atomic mass is 9.82. The Morgan fingerprint density at radius 2 is 1.85 bits per heavy atom. The Hall–Kier alpha value is -3.76. The molecule has 1 unspecified atom stereocenters. The second kappa shape index (κ2) is 11.7. The summed E-state index contributed by atoms with van der Waals surface area (Å²) in [5, 5.41) is 16.6. The van der Waals surface area contributed by atoms with E-state index in [1.165, 1.54) is 17.8 Å². The quantitative estimate of drug-likeness (QED) is 0.432. The van der Waals surface area contributed by atoms with E-state index in [2.05, 4.69) is 23.3 Å². The van der Waals surface area contributed by atoms with Gasteiger partial charge in [-0.1, -0.05) is 85.1 Å². The van der Waals surface area contributed by atoms with Gasteiger partial charge in [-0.3, -0.25) is 4.79 Å². The van der Waals surface area contributed by atoms with Gasteiger partial charge in [-0.15, -0.1) is 0 Å². The van der Waals surface area contributed by atoms with E-state index in [0.29, 0.717) is 28.4 Å². The number of carbonyl (C=O) groups excluding carboxylic acids is 2. The normalized spacial score (nSPS) is 15.3. The largest absolute Gasteiger partial charge is 0.458 e. The van der Waals surface area contributed by atoms with E-state index < -0.39 is 11.9 Å². The molecule has 1 aliphatic rings. The number of nitrogens with one attached hydrogen (secondary N) is 2. The minimum absolute atomic E-state index is 0.0753. The van der Waals surface area contributed by atoms with Crippen LogP contribution < -0.4 is 10.6 Å². The highest BCUT2D eigenvalue weighted by molar-refractivity contribution is 8.03. The SMILES string of the molecule is C=CCOC(=O)C1=C(C)NC(SCC(=O)NCc2ccccc2)=C(C#N)C1c1ccccc1. The molecule has 0 aromatic heterocycles. The number of amides is 1. The summed E-state index contributed by atoms with van der Waals surface area (Å²) in [4.78, 5) is 25.3. The van der Waals surface area contributed by atoms with Crippen molar-refractivity contribution < 1.29 is 14.3 Å². The van der Waals surface area contributed by atoms with E-state index in [1.54, 1.807) is 6.92 Å². The maximum Gasteiger partial charge on any atom is 0.337 e. The maximum absolute atomic E-state index is 12.8. The van der Waals surface area contributed by atoms with Crippen molar-refractivity contribution in [1.82, 2.24) is 10.6 Å². The zero-order valence-corrected chi connectivity index (χ0v) is 19.2. The van der Waals surface area contributed by atoms with Crippen LogP contribution in [0.25, 0.3) is 0 Å². The highest BCUT2D eigenvalue weighted by atomic mass is 32.2. The molecule has 1 heterocycles. The van der Waals surface area contributed by atoms with Crippen molar-refractivity contribution in [3.05, 3.63) is 106 Å². The predicted octanol–water partition coefficient (Wildman–Crippen LogP) is 4.16. The average Bonchev–Trinajstić information content (AvgIpc) is 2.85. The first-order valence-corrected chi connectivity index (χ1v) is 11.4. The molecule has 2 aromatic rings. The minimum Gasteiger partial charge on any atom is -0.458 e. The summed E-state index contributed by atoms with van der Waals surface area (Å²) in [5.74, 6) is -1.12. The third-order valence-corrected chi connectivity index (χ3v) is 6.03. The topological polar surface area (TPSA) is 91.2 Å². The molecule has 0 saturated heterocycles. The van der Waals surface area contributed by atoms with E-state index in [4.69, 9.17) is 4.74 Å². The number of rotatable bonds is 9. The molecule has 0 bridgehead atoms. The number of thioether (sulfide) groups is 1. The van der Waals surface area contributed by atoms with Gasteiger partial charge in [0, 0.05) is 12.2 Å². The Kier molecular flexibility index (Phi) is 8.50. The summed E-state index contributed by atoms with van der Waals surface area (Å²) in [7, 11) is 0. The number of hydrogen-bond acceptors (Lipinski definition) is 6. The van der Waals surface area contributed by atoms with Gasteiger partial charge >= 0.3 is 5.97 Å². The van der Waals surface area contributed by atoms with E-state index in [9.17, 15) is 14.9 Å². The van der Waals surface area contributed by atoms with Gasteiger partial charge in [0.1, 0.15) is 6.61 Å². The summed E-state index contributed by atoms with van der Waals surface area (Å²) in [6, 6.07) is 21.2. The van der Waals surface area contributed by atoms with Crippen molar-refractivity contribution in [3.8, 4) is 6.07 Å². The van der Waals surface area contributed by atoms with Gasteiger partial charge < -0.3 is 15.4 Å². The minimum atomic E-state index is -0.593. The summed E-state index contributed by atoms with van der Waals surface area (Å²) in [6.45, 7) is 5.86. The van der Waals surface area contributed by atoms with Crippen molar-refractivity contribution in [2.45, 2.75) is 19.4 Å². The molecular formula is C26H25N3O3S. The van der Waals surface area contributed by atoms with Crippen LogP contribution in [0.4, 0.5) is 0 Å². The van der Waals surface area contributed by atoms with E-state index in [0.717, 1.165) is 11.1 Å². The Morgan fingerprint density at radius 1 is 1.18 bits per heavy atom. The number of dihydropyridines is 1. The summed E-state index contributed by atoms with van der Waals surface area (Å²) in [5.41, 5.74) is 3.14. The fourth-order valence-corrected chi connectivity index (χ4v) is 4.40. The number of carbonyl (C=O) groups is 2. The Bertz CT molecular complexity index is 1120. The Balaban J connectivity index is 1.81. The van der Waals surface area contributed by atoms with Gasteiger partial charge in [0.05, 0.1) is 33.9 Å². The van der Waals surface area contributed by atoms with E-state index in [-0.39, 0.29) is 18.3 Å². The molecule has 0 aliphatic carbocycles. The van der Waals surface area contributed by atoms with Crippen LogP contribution in [0, 0.1) is 11.3 Å². The third kappa shape index (κ3) is 6.15. The van der Waals surface area contributed by atoms with Crippen molar-refractivity contribution in [2.75, 3.05) is 12.4 Å². The van der Waals surface area contributed by atoms with Gasteiger partial charge in [0.25, 0.3) is 0 Å². The fourth-order valence-electron chi connectivity index (χ4n) is 3.47. The van der Waals surface area contributed by atoms with Crippen molar-refractivity contribution in [1.29, 1.82) is 5.26 Å². The molecular weight excluding hydrogens is 434 g/mol. The molecule has 2 N–H and O–H groups in total. The van der Waals surface area contributed by atoms with Crippen molar-refractivity contribution in [3.63, 3.8) is 0 Å². The molecule has 33 heavy (non-hydrogen) atoms. The first-order valence-electron chi connectivity index (χ1n) is 10.4. The number of ether oxygens (including phenoxy) is 1. The van der Waals surface area contributed by atoms with Crippen molar-refractivity contribution in [2.24, 2.45) is 0 Å². The number of allylic oxidation sites excluding steroid dienone is 2. The molecule has 6 nitrogen and oxygen atoms in total. The van der Waals surface area contributed by atoms with Crippen LogP contribution in [0.15, 0.2) is 95.2 Å². The number of hydrogen-bond donors (Lipinski definition) is 2. The second-order valence-corrected chi connectivity index (χ2v) is 8.29. The predicted molar refractivity (Wildman–Crippen MR) is 130 cm³/mol.